The largest absolute Gasteiger partial charge is 0.478 e. The molecule has 1 aromatic carbocycles. The van der Waals surface area contributed by atoms with Gasteiger partial charge >= 0.3 is 5.97 Å². The summed E-state index contributed by atoms with van der Waals surface area (Å²) < 4.78 is 5.50. The van der Waals surface area contributed by atoms with Gasteiger partial charge in [-0.2, -0.15) is 0 Å². The van der Waals surface area contributed by atoms with E-state index in [9.17, 15) is 9.59 Å². The molecule has 1 aliphatic rings. The van der Waals surface area contributed by atoms with Crippen LogP contribution in [0.4, 0.5) is 0 Å². The van der Waals surface area contributed by atoms with Crippen LogP contribution in [-0.4, -0.2) is 35.7 Å². The van der Waals surface area contributed by atoms with Crippen molar-refractivity contribution in [3.63, 3.8) is 0 Å². The Morgan fingerprint density at radius 3 is 2.79 bits per heavy atom. The lowest BCUT2D eigenvalue weighted by Crippen LogP contribution is -2.40. The van der Waals surface area contributed by atoms with Gasteiger partial charge in [0, 0.05) is 12.2 Å². The van der Waals surface area contributed by atoms with E-state index in [4.69, 9.17) is 9.84 Å². The number of carboxylic acid groups (broad SMARTS) is 1. The molecular weight excluding hydrogens is 246 g/mol. The number of benzene rings is 1. The minimum atomic E-state index is -1.04. The summed E-state index contributed by atoms with van der Waals surface area (Å²) in [6.07, 6.45) is 2.00. The number of carboxylic acids is 1. The normalized spacial score (nSPS) is 19.9. The van der Waals surface area contributed by atoms with Gasteiger partial charge in [-0.15, -0.1) is 0 Å². The summed E-state index contributed by atoms with van der Waals surface area (Å²) in [7, 11) is 0. The van der Waals surface area contributed by atoms with Gasteiger partial charge in [-0.3, -0.25) is 4.79 Å². The highest BCUT2D eigenvalue weighted by atomic mass is 16.5. The predicted octanol–water partition coefficient (Wildman–Crippen LogP) is 1.68. The standard InChI is InChI=1S/C14H17NO4/c1-9(12-6-3-7-19-12)15-13(16)10-4-2-5-11(8-10)14(17)18/h2,4-5,8-9,12H,3,6-7H2,1H3,(H,15,16)(H,17,18). The Hall–Kier alpha value is -1.88. The third-order valence-electron chi connectivity index (χ3n) is 3.25. The molecule has 0 radical (unpaired) electrons. The molecule has 2 atom stereocenters. The fraction of sp³-hybridized carbons (Fsp3) is 0.429. The third-order valence-corrected chi connectivity index (χ3v) is 3.25. The van der Waals surface area contributed by atoms with E-state index in [-0.39, 0.29) is 23.6 Å². The van der Waals surface area contributed by atoms with Crippen LogP contribution in [0.2, 0.25) is 0 Å². The number of amides is 1. The molecule has 1 amide bonds. The SMILES string of the molecule is CC(NC(=O)c1cccc(C(=O)O)c1)C1CCCO1. The van der Waals surface area contributed by atoms with Crippen LogP contribution in [-0.2, 0) is 4.74 Å². The Labute approximate surface area is 111 Å². The zero-order valence-electron chi connectivity index (χ0n) is 10.8. The van der Waals surface area contributed by atoms with Gasteiger partial charge in [0.2, 0.25) is 0 Å². The van der Waals surface area contributed by atoms with Gasteiger partial charge in [-0.25, -0.2) is 4.79 Å². The molecule has 1 heterocycles. The van der Waals surface area contributed by atoms with Gasteiger partial charge in [0.05, 0.1) is 17.7 Å². The van der Waals surface area contributed by atoms with E-state index in [2.05, 4.69) is 5.32 Å². The van der Waals surface area contributed by atoms with Gasteiger partial charge < -0.3 is 15.2 Å². The average molecular weight is 263 g/mol. The molecule has 0 saturated carbocycles. The minimum absolute atomic E-state index is 0.0478. The molecule has 2 rings (SSSR count). The number of hydrogen-bond acceptors (Lipinski definition) is 3. The second-order valence-electron chi connectivity index (χ2n) is 4.70. The Morgan fingerprint density at radius 2 is 2.16 bits per heavy atom. The maximum Gasteiger partial charge on any atom is 0.335 e. The molecular formula is C14H17NO4. The van der Waals surface area contributed by atoms with E-state index >= 15 is 0 Å². The fourth-order valence-corrected chi connectivity index (χ4v) is 2.17. The van der Waals surface area contributed by atoms with Crippen molar-refractivity contribution in [1.82, 2.24) is 5.32 Å². The molecule has 0 aromatic heterocycles. The molecule has 2 unspecified atom stereocenters. The third kappa shape index (κ3) is 3.32. The lowest BCUT2D eigenvalue weighted by molar-refractivity contribution is 0.0696. The minimum Gasteiger partial charge on any atom is -0.478 e. The van der Waals surface area contributed by atoms with Crippen LogP contribution in [0.3, 0.4) is 0 Å². The lowest BCUT2D eigenvalue weighted by Gasteiger charge is -2.20. The smallest absolute Gasteiger partial charge is 0.335 e. The van der Waals surface area contributed by atoms with Crippen LogP contribution >= 0.6 is 0 Å². The van der Waals surface area contributed by atoms with Gasteiger partial charge in [0.1, 0.15) is 0 Å². The second kappa shape index (κ2) is 5.84. The summed E-state index contributed by atoms with van der Waals surface area (Å²) in [5.41, 5.74) is 0.460. The first-order chi connectivity index (χ1) is 9.08. The Morgan fingerprint density at radius 1 is 1.42 bits per heavy atom. The van der Waals surface area contributed by atoms with E-state index in [0.29, 0.717) is 5.56 Å². The van der Waals surface area contributed by atoms with Crippen molar-refractivity contribution in [3.05, 3.63) is 35.4 Å². The molecule has 2 N–H and O–H groups in total. The zero-order valence-corrected chi connectivity index (χ0v) is 10.8. The molecule has 0 bridgehead atoms. The average Bonchev–Trinajstić information content (AvgIpc) is 2.92. The summed E-state index contributed by atoms with van der Waals surface area (Å²) in [5.74, 6) is -1.31. The van der Waals surface area contributed by atoms with Gasteiger partial charge in [-0.1, -0.05) is 6.07 Å². The highest BCUT2D eigenvalue weighted by Gasteiger charge is 2.24. The predicted molar refractivity (Wildman–Crippen MR) is 69.3 cm³/mol. The van der Waals surface area contributed by atoms with Gasteiger partial charge in [0.15, 0.2) is 0 Å². The van der Waals surface area contributed by atoms with Gasteiger partial charge in [-0.05, 0) is 38.0 Å². The van der Waals surface area contributed by atoms with Crippen LogP contribution < -0.4 is 5.32 Å². The van der Waals surface area contributed by atoms with Crippen LogP contribution in [0.25, 0.3) is 0 Å². The molecule has 5 nitrogen and oxygen atoms in total. The van der Waals surface area contributed by atoms with E-state index in [1.54, 1.807) is 12.1 Å². The summed E-state index contributed by atoms with van der Waals surface area (Å²) in [5, 5.41) is 11.7. The number of aromatic carboxylic acids is 1. The van der Waals surface area contributed by atoms with Crippen LogP contribution in [0.5, 0.6) is 0 Å². The molecule has 0 spiro atoms. The number of ether oxygens (including phenoxy) is 1. The first-order valence-corrected chi connectivity index (χ1v) is 6.34. The lowest BCUT2D eigenvalue weighted by atomic mass is 10.1. The molecule has 1 fully saturated rings. The molecule has 1 aliphatic heterocycles. The van der Waals surface area contributed by atoms with Crippen molar-refractivity contribution in [2.75, 3.05) is 6.61 Å². The van der Waals surface area contributed by atoms with Crippen molar-refractivity contribution in [1.29, 1.82) is 0 Å². The quantitative estimate of drug-likeness (QED) is 0.866. The highest BCUT2D eigenvalue weighted by Crippen LogP contribution is 2.16. The summed E-state index contributed by atoms with van der Waals surface area (Å²) in [6, 6.07) is 5.92. The topological polar surface area (TPSA) is 75.6 Å². The highest BCUT2D eigenvalue weighted by molar-refractivity contribution is 5.97. The molecule has 1 saturated heterocycles. The van der Waals surface area contributed by atoms with E-state index in [1.165, 1.54) is 12.1 Å². The Balaban J connectivity index is 2.02. The fourth-order valence-electron chi connectivity index (χ4n) is 2.17. The molecule has 0 aliphatic carbocycles. The van der Waals surface area contributed by atoms with Crippen LogP contribution in [0.1, 0.15) is 40.5 Å². The number of rotatable bonds is 4. The first kappa shape index (κ1) is 13.5. The van der Waals surface area contributed by atoms with E-state index in [1.807, 2.05) is 6.92 Å². The summed E-state index contributed by atoms with van der Waals surface area (Å²) in [4.78, 5) is 22.9. The summed E-state index contributed by atoms with van der Waals surface area (Å²) >= 11 is 0. The maximum atomic E-state index is 12.0. The molecule has 1 aromatic rings. The van der Waals surface area contributed by atoms with Gasteiger partial charge in [0.25, 0.3) is 5.91 Å². The number of carbonyl (C=O) groups excluding carboxylic acids is 1. The maximum absolute atomic E-state index is 12.0. The summed E-state index contributed by atoms with van der Waals surface area (Å²) in [6.45, 7) is 2.63. The zero-order chi connectivity index (χ0) is 13.8. The first-order valence-electron chi connectivity index (χ1n) is 6.34. The van der Waals surface area contributed by atoms with Crippen molar-refractivity contribution in [3.8, 4) is 0 Å². The molecule has 19 heavy (non-hydrogen) atoms. The Kier molecular flexibility index (Phi) is 4.16. The van der Waals surface area contributed by atoms with E-state index < -0.39 is 5.97 Å². The second-order valence-corrected chi connectivity index (χ2v) is 4.70. The van der Waals surface area contributed by atoms with Crippen LogP contribution in [0.15, 0.2) is 24.3 Å². The van der Waals surface area contributed by atoms with Crippen molar-refractivity contribution in [2.45, 2.75) is 31.9 Å². The van der Waals surface area contributed by atoms with Crippen LogP contribution in [0, 0.1) is 0 Å². The number of carbonyl (C=O) groups is 2. The monoisotopic (exact) mass is 263 g/mol. The van der Waals surface area contributed by atoms with E-state index in [0.717, 1.165) is 19.4 Å². The Bertz CT molecular complexity index is 480. The molecule has 102 valence electrons. The number of hydrogen-bond donors (Lipinski definition) is 2. The van der Waals surface area contributed by atoms with Crippen molar-refractivity contribution in [2.24, 2.45) is 0 Å². The number of nitrogens with one attached hydrogen (secondary N) is 1. The van der Waals surface area contributed by atoms with Crippen molar-refractivity contribution >= 4 is 11.9 Å². The van der Waals surface area contributed by atoms with Crippen molar-refractivity contribution < 1.29 is 19.4 Å². The molecule has 5 heteroatoms.